The Morgan fingerprint density at radius 2 is 1.82 bits per heavy atom. The molecule has 96 valence electrons. The highest BCUT2D eigenvalue weighted by Crippen LogP contribution is 2.23. The molecule has 1 aromatic rings. The zero-order valence-electron chi connectivity index (χ0n) is 10.4. The van der Waals surface area contributed by atoms with Gasteiger partial charge in [0.25, 0.3) is 0 Å². The fourth-order valence-electron chi connectivity index (χ4n) is 1.79. The van der Waals surface area contributed by atoms with Crippen molar-refractivity contribution in [1.82, 2.24) is 4.31 Å². The third-order valence-corrected chi connectivity index (χ3v) is 5.35. The summed E-state index contributed by atoms with van der Waals surface area (Å²) >= 11 is 5.79. The van der Waals surface area contributed by atoms with E-state index < -0.39 is 10.0 Å². The van der Waals surface area contributed by atoms with E-state index in [9.17, 15) is 8.42 Å². The molecule has 0 aliphatic carbocycles. The van der Waals surface area contributed by atoms with E-state index >= 15 is 0 Å². The largest absolute Gasteiger partial charge is 0.243 e. The quantitative estimate of drug-likeness (QED) is 0.775. The molecule has 0 aliphatic heterocycles. The van der Waals surface area contributed by atoms with E-state index in [0.29, 0.717) is 23.9 Å². The fraction of sp³-hybridized carbons (Fsp3) is 0.500. The van der Waals surface area contributed by atoms with E-state index in [1.165, 1.54) is 4.31 Å². The number of hydrogen-bond donors (Lipinski definition) is 0. The molecule has 0 heterocycles. The lowest BCUT2D eigenvalue weighted by Crippen LogP contribution is -2.31. The highest BCUT2D eigenvalue weighted by atomic mass is 35.5. The second-order valence-corrected chi connectivity index (χ2v) is 5.94. The number of sulfonamides is 1. The summed E-state index contributed by atoms with van der Waals surface area (Å²) in [4.78, 5) is 0.361. The van der Waals surface area contributed by atoms with Crippen molar-refractivity contribution in [2.45, 2.75) is 31.5 Å². The summed E-state index contributed by atoms with van der Waals surface area (Å²) in [6, 6.07) is 5.23. The summed E-state index contributed by atoms with van der Waals surface area (Å²) in [6.07, 6.45) is 0. The predicted octanol–water partition coefficient (Wildman–Crippen LogP) is 2.76. The van der Waals surface area contributed by atoms with E-state index in [1.807, 2.05) is 19.9 Å². The van der Waals surface area contributed by atoms with Gasteiger partial charge in [-0.2, -0.15) is 4.31 Å². The summed E-state index contributed by atoms with van der Waals surface area (Å²) in [7, 11) is -3.39. The van der Waals surface area contributed by atoms with Gasteiger partial charge >= 0.3 is 0 Å². The lowest BCUT2D eigenvalue weighted by atomic mass is 10.1. The van der Waals surface area contributed by atoms with Crippen LogP contribution < -0.4 is 0 Å². The molecule has 0 unspecified atom stereocenters. The molecule has 0 amide bonds. The average molecular weight is 276 g/mol. The molecule has 1 aromatic carbocycles. The van der Waals surface area contributed by atoms with Crippen LogP contribution in [0.1, 0.15) is 25.0 Å². The van der Waals surface area contributed by atoms with Gasteiger partial charge in [-0.05, 0) is 24.1 Å². The highest BCUT2D eigenvalue weighted by molar-refractivity contribution is 7.89. The van der Waals surface area contributed by atoms with Crippen LogP contribution in [0.2, 0.25) is 0 Å². The van der Waals surface area contributed by atoms with Crippen molar-refractivity contribution in [1.29, 1.82) is 0 Å². The van der Waals surface area contributed by atoms with Gasteiger partial charge < -0.3 is 0 Å². The van der Waals surface area contributed by atoms with Crippen molar-refractivity contribution in [3.8, 4) is 0 Å². The molecule has 0 aliphatic rings. The van der Waals surface area contributed by atoms with Crippen molar-refractivity contribution < 1.29 is 8.42 Å². The van der Waals surface area contributed by atoms with Crippen LogP contribution in [-0.2, 0) is 15.9 Å². The number of rotatable bonds is 5. The Hall–Kier alpha value is -0.580. The molecule has 0 N–H and O–H groups in total. The van der Waals surface area contributed by atoms with Crippen molar-refractivity contribution in [3.05, 3.63) is 29.3 Å². The fourth-order valence-corrected chi connectivity index (χ4v) is 3.80. The summed E-state index contributed by atoms with van der Waals surface area (Å²) in [5.74, 6) is 0.327. The molecule has 0 bridgehead atoms. The summed E-state index contributed by atoms with van der Waals surface area (Å²) < 4.78 is 26.2. The van der Waals surface area contributed by atoms with Crippen LogP contribution in [0.15, 0.2) is 23.1 Å². The molecule has 3 nitrogen and oxygen atoms in total. The Bertz CT molecular complexity index is 481. The van der Waals surface area contributed by atoms with E-state index in [-0.39, 0.29) is 0 Å². The predicted molar refractivity (Wildman–Crippen MR) is 70.8 cm³/mol. The minimum absolute atomic E-state index is 0.327. The Balaban J connectivity index is 3.34. The molecule has 0 atom stereocenters. The Morgan fingerprint density at radius 1 is 1.24 bits per heavy atom. The summed E-state index contributed by atoms with van der Waals surface area (Å²) in [5.41, 5.74) is 1.61. The third-order valence-electron chi connectivity index (χ3n) is 2.86. The van der Waals surface area contributed by atoms with E-state index in [2.05, 4.69) is 0 Å². The number of hydrogen-bond acceptors (Lipinski definition) is 2. The minimum atomic E-state index is -3.39. The maximum Gasteiger partial charge on any atom is 0.243 e. The molecular weight excluding hydrogens is 258 g/mol. The lowest BCUT2D eigenvalue weighted by Gasteiger charge is -2.20. The summed E-state index contributed by atoms with van der Waals surface area (Å²) in [5, 5.41) is 0. The number of benzene rings is 1. The standard InChI is InChI=1S/C12H18ClNO2S/c1-4-14(5-2)17(15,16)12-8-6-7-11(9-13)10(12)3/h6-8H,4-5,9H2,1-3H3. The Labute approximate surface area is 108 Å². The molecule has 17 heavy (non-hydrogen) atoms. The molecule has 0 saturated heterocycles. The first kappa shape index (κ1) is 14.5. The van der Waals surface area contributed by atoms with Crippen molar-refractivity contribution in [3.63, 3.8) is 0 Å². The number of halogens is 1. The molecule has 5 heteroatoms. The SMILES string of the molecule is CCN(CC)S(=O)(=O)c1cccc(CCl)c1C. The molecule has 0 spiro atoms. The number of alkyl halides is 1. The molecular formula is C12H18ClNO2S. The number of nitrogens with zero attached hydrogens (tertiary/aromatic N) is 1. The summed E-state index contributed by atoms with van der Waals surface area (Å²) in [6.45, 7) is 6.42. The minimum Gasteiger partial charge on any atom is -0.207 e. The second-order valence-electron chi connectivity index (χ2n) is 3.76. The van der Waals surface area contributed by atoms with Crippen molar-refractivity contribution >= 4 is 21.6 Å². The van der Waals surface area contributed by atoms with Gasteiger partial charge in [0.2, 0.25) is 10.0 Å². The van der Waals surface area contributed by atoms with Gasteiger partial charge in [-0.25, -0.2) is 8.42 Å². The van der Waals surface area contributed by atoms with Gasteiger partial charge in [0.05, 0.1) is 4.90 Å². The van der Waals surface area contributed by atoms with Crippen LogP contribution in [0.25, 0.3) is 0 Å². The first-order chi connectivity index (χ1) is 7.98. The van der Waals surface area contributed by atoms with E-state index in [0.717, 1.165) is 11.1 Å². The second kappa shape index (κ2) is 5.85. The van der Waals surface area contributed by atoms with Crippen molar-refractivity contribution in [2.75, 3.05) is 13.1 Å². The van der Waals surface area contributed by atoms with Gasteiger partial charge in [-0.1, -0.05) is 26.0 Å². The maximum atomic E-state index is 12.4. The lowest BCUT2D eigenvalue weighted by molar-refractivity contribution is 0.445. The molecule has 1 rings (SSSR count). The maximum absolute atomic E-state index is 12.4. The molecule has 0 radical (unpaired) electrons. The van der Waals surface area contributed by atoms with E-state index in [4.69, 9.17) is 11.6 Å². The van der Waals surface area contributed by atoms with Gasteiger partial charge in [-0.15, -0.1) is 11.6 Å². The van der Waals surface area contributed by atoms with Crippen LogP contribution in [-0.4, -0.2) is 25.8 Å². The molecule has 0 aromatic heterocycles. The third kappa shape index (κ3) is 2.81. The Morgan fingerprint density at radius 3 is 2.29 bits per heavy atom. The van der Waals surface area contributed by atoms with Gasteiger partial charge in [-0.3, -0.25) is 0 Å². The van der Waals surface area contributed by atoms with Gasteiger partial charge in [0.15, 0.2) is 0 Å². The van der Waals surface area contributed by atoms with Gasteiger partial charge in [0, 0.05) is 19.0 Å². The zero-order valence-corrected chi connectivity index (χ0v) is 12.0. The first-order valence-electron chi connectivity index (χ1n) is 5.63. The zero-order chi connectivity index (χ0) is 13.1. The normalized spacial score (nSPS) is 12.1. The van der Waals surface area contributed by atoms with Crippen molar-refractivity contribution in [2.24, 2.45) is 0 Å². The topological polar surface area (TPSA) is 37.4 Å². The highest BCUT2D eigenvalue weighted by Gasteiger charge is 2.23. The smallest absolute Gasteiger partial charge is 0.207 e. The van der Waals surface area contributed by atoms with Crippen LogP contribution in [0.3, 0.4) is 0 Å². The average Bonchev–Trinajstić information content (AvgIpc) is 2.30. The van der Waals surface area contributed by atoms with Crippen LogP contribution >= 0.6 is 11.6 Å². The van der Waals surface area contributed by atoms with Crippen LogP contribution in [0.5, 0.6) is 0 Å². The van der Waals surface area contributed by atoms with Gasteiger partial charge in [0.1, 0.15) is 0 Å². The molecule has 0 saturated carbocycles. The first-order valence-corrected chi connectivity index (χ1v) is 7.61. The monoisotopic (exact) mass is 275 g/mol. The van der Waals surface area contributed by atoms with E-state index in [1.54, 1.807) is 19.1 Å². The molecule has 0 fully saturated rings. The Kier molecular flexibility index (Phi) is 4.98. The van der Waals surface area contributed by atoms with Crippen LogP contribution in [0.4, 0.5) is 0 Å². The van der Waals surface area contributed by atoms with Crippen LogP contribution in [0, 0.1) is 6.92 Å².